The maximum atomic E-state index is 12.0. The van der Waals surface area contributed by atoms with Crippen molar-refractivity contribution in [2.75, 3.05) is 34.4 Å². The molecule has 2 rings (SSSR count). The van der Waals surface area contributed by atoms with Gasteiger partial charge < -0.3 is 25.0 Å². The molecule has 0 spiro atoms. The van der Waals surface area contributed by atoms with Gasteiger partial charge in [-0.25, -0.2) is 4.99 Å². The van der Waals surface area contributed by atoms with Gasteiger partial charge in [0, 0.05) is 32.7 Å². The zero-order chi connectivity index (χ0) is 22.6. The molecule has 0 aliphatic rings. The van der Waals surface area contributed by atoms with E-state index in [0.717, 1.165) is 35.8 Å². The number of guanidine groups is 1. The van der Waals surface area contributed by atoms with Crippen LogP contribution in [0, 0.1) is 0 Å². The number of carbonyl (C=O) groups excluding carboxylic acids is 1. The molecule has 0 aliphatic carbocycles. The van der Waals surface area contributed by atoms with Crippen LogP contribution < -0.4 is 20.1 Å². The van der Waals surface area contributed by atoms with Gasteiger partial charge in [-0.15, -0.1) is 24.0 Å². The van der Waals surface area contributed by atoms with Crippen molar-refractivity contribution in [3.8, 4) is 11.5 Å². The van der Waals surface area contributed by atoms with Crippen LogP contribution in [0.25, 0.3) is 0 Å². The van der Waals surface area contributed by atoms with E-state index in [9.17, 15) is 4.79 Å². The van der Waals surface area contributed by atoms with E-state index < -0.39 is 0 Å². The lowest BCUT2D eigenvalue weighted by molar-refractivity contribution is 0.0827. The fourth-order valence-electron chi connectivity index (χ4n) is 2.86. The van der Waals surface area contributed by atoms with Gasteiger partial charge in [-0.2, -0.15) is 0 Å². The average Bonchev–Trinajstić information content (AvgIpc) is 2.79. The highest BCUT2D eigenvalue weighted by Gasteiger charge is 2.08. The number of rotatable bonds is 10. The lowest BCUT2D eigenvalue weighted by Crippen LogP contribution is -2.36. The summed E-state index contributed by atoms with van der Waals surface area (Å²) in [5.74, 6) is 2.18. The van der Waals surface area contributed by atoms with Crippen LogP contribution in [-0.2, 0) is 13.1 Å². The predicted molar refractivity (Wildman–Crippen MR) is 140 cm³/mol. The molecule has 7 nitrogen and oxygen atoms in total. The Kier molecular flexibility index (Phi) is 12.5. The number of ether oxygens (including phenoxy) is 2. The number of halogens is 1. The van der Waals surface area contributed by atoms with Crippen LogP contribution in [0.3, 0.4) is 0 Å². The average molecular weight is 554 g/mol. The van der Waals surface area contributed by atoms with E-state index in [1.54, 1.807) is 26.1 Å². The molecule has 0 bridgehead atoms. The smallest absolute Gasteiger partial charge is 0.253 e. The molecule has 0 unspecified atom stereocenters. The molecule has 0 aliphatic heterocycles. The second kappa shape index (κ2) is 14.5. The number of amides is 1. The van der Waals surface area contributed by atoms with Gasteiger partial charge in [0.15, 0.2) is 17.5 Å². The Bertz CT molecular complexity index is 870. The summed E-state index contributed by atoms with van der Waals surface area (Å²) < 4.78 is 11.2. The molecule has 2 aromatic rings. The van der Waals surface area contributed by atoms with Gasteiger partial charge >= 0.3 is 0 Å². The normalized spacial score (nSPS) is 10.7. The molecular formula is C24H35IN4O3. The number of nitrogens with one attached hydrogen (secondary N) is 2. The van der Waals surface area contributed by atoms with E-state index in [1.807, 2.05) is 49.4 Å². The lowest BCUT2D eigenvalue weighted by atomic mass is 10.1. The second-order valence-corrected chi connectivity index (χ2v) is 7.28. The third-order valence-electron chi connectivity index (χ3n) is 4.52. The molecule has 0 saturated heterocycles. The van der Waals surface area contributed by atoms with Crippen molar-refractivity contribution >= 4 is 35.8 Å². The van der Waals surface area contributed by atoms with E-state index in [1.165, 1.54) is 0 Å². The Morgan fingerprint density at radius 1 is 1.00 bits per heavy atom. The molecule has 176 valence electrons. The summed E-state index contributed by atoms with van der Waals surface area (Å²) in [6, 6.07) is 13.5. The summed E-state index contributed by atoms with van der Waals surface area (Å²) in [6.45, 7) is 6.64. The fourth-order valence-corrected chi connectivity index (χ4v) is 2.86. The summed E-state index contributed by atoms with van der Waals surface area (Å²) in [7, 11) is 5.14. The van der Waals surface area contributed by atoms with Crippen LogP contribution in [0.1, 0.15) is 41.8 Å². The second-order valence-electron chi connectivity index (χ2n) is 7.28. The Labute approximate surface area is 208 Å². The molecule has 8 heteroatoms. The third kappa shape index (κ3) is 8.57. The zero-order valence-corrected chi connectivity index (χ0v) is 21.9. The molecule has 1 amide bonds. The van der Waals surface area contributed by atoms with Crippen molar-refractivity contribution < 1.29 is 14.3 Å². The third-order valence-corrected chi connectivity index (χ3v) is 4.52. The van der Waals surface area contributed by atoms with E-state index in [4.69, 9.17) is 9.47 Å². The Hall–Kier alpha value is -2.49. The van der Waals surface area contributed by atoms with Crippen LogP contribution in [0.4, 0.5) is 0 Å². The Morgan fingerprint density at radius 3 is 2.28 bits per heavy atom. The fraction of sp³-hybridized carbons (Fsp3) is 0.417. The molecular weight excluding hydrogens is 519 g/mol. The number of aliphatic imine (C=N–C) groups is 1. The maximum Gasteiger partial charge on any atom is 0.253 e. The number of hydrogen-bond acceptors (Lipinski definition) is 4. The first kappa shape index (κ1) is 27.5. The summed E-state index contributed by atoms with van der Waals surface area (Å²) in [4.78, 5) is 18.3. The van der Waals surface area contributed by atoms with Gasteiger partial charge in [-0.3, -0.25) is 4.79 Å². The minimum atomic E-state index is -0.00375. The molecule has 0 saturated carbocycles. The molecule has 0 heterocycles. The number of carbonyl (C=O) groups is 1. The minimum absolute atomic E-state index is 0. The molecule has 2 N–H and O–H groups in total. The first-order valence-corrected chi connectivity index (χ1v) is 10.6. The van der Waals surface area contributed by atoms with Crippen LogP contribution >= 0.6 is 24.0 Å². The topological polar surface area (TPSA) is 75.2 Å². The van der Waals surface area contributed by atoms with Crippen molar-refractivity contribution in [1.29, 1.82) is 0 Å². The standard InChI is InChI=1S/C24H34N4O3.HI/c1-6-14-31-21-13-10-19(15-22(21)30-5)17-27-24(25-7-2)26-16-18-8-11-20(12-9-18)23(29)28(3)4;/h8-13,15H,6-7,14,16-17H2,1-5H3,(H2,25,26,27);1H. The van der Waals surface area contributed by atoms with E-state index in [0.29, 0.717) is 31.0 Å². The van der Waals surface area contributed by atoms with Crippen molar-refractivity contribution in [2.45, 2.75) is 33.4 Å². The summed E-state index contributed by atoms with van der Waals surface area (Å²) in [5.41, 5.74) is 2.78. The SMILES string of the molecule is CCCOc1ccc(CN=C(NCC)NCc2ccc(C(=O)N(C)C)cc2)cc1OC.I. The lowest BCUT2D eigenvalue weighted by Gasteiger charge is -2.13. The van der Waals surface area contributed by atoms with Crippen molar-refractivity contribution in [3.63, 3.8) is 0 Å². The first-order valence-electron chi connectivity index (χ1n) is 10.6. The molecule has 0 aromatic heterocycles. The van der Waals surface area contributed by atoms with Crippen LogP contribution in [0.15, 0.2) is 47.5 Å². The van der Waals surface area contributed by atoms with Gasteiger partial charge in [0.25, 0.3) is 5.91 Å². The highest BCUT2D eigenvalue weighted by Crippen LogP contribution is 2.28. The number of nitrogens with zero attached hydrogens (tertiary/aromatic N) is 2. The first-order chi connectivity index (χ1) is 15.0. The van der Waals surface area contributed by atoms with Crippen molar-refractivity contribution in [2.24, 2.45) is 4.99 Å². The quantitative estimate of drug-likeness (QED) is 0.263. The summed E-state index contributed by atoms with van der Waals surface area (Å²) in [5, 5.41) is 6.59. The molecule has 0 atom stereocenters. The van der Waals surface area contributed by atoms with Crippen LogP contribution in [0.2, 0.25) is 0 Å². The van der Waals surface area contributed by atoms with Gasteiger partial charge in [0.05, 0.1) is 20.3 Å². The monoisotopic (exact) mass is 554 g/mol. The Morgan fingerprint density at radius 2 is 1.69 bits per heavy atom. The number of methoxy groups -OCH3 is 1. The van der Waals surface area contributed by atoms with E-state index >= 15 is 0 Å². The number of benzene rings is 2. The Balaban J connectivity index is 0.00000512. The van der Waals surface area contributed by atoms with Gasteiger partial charge in [-0.05, 0) is 48.7 Å². The zero-order valence-electron chi connectivity index (χ0n) is 19.6. The van der Waals surface area contributed by atoms with Crippen molar-refractivity contribution in [3.05, 3.63) is 59.2 Å². The number of hydrogen-bond donors (Lipinski definition) is 2. The molecule has 0 fully saturated rings. The molecule has 32 heavy (non-hydrogen) atoms. The molecule has 0 radical (unpaired) electrons. The summed E-state index contributed by atoms with van der Waals surface area (Å²) in [6.07, 6.45) is 0.946. The summed E-state index contributed by atoms with van der Waals surface area (Å²) >= 11 is 0. The van der Waals surface area contributed by atoms with Gasteiger partial charge in [0.1, 0.15) is 0 Å². The van der Waals surface area contributed by atoms with E-state index in [-0.39, 0.29) is 29.9 Å². The van der Waals surface area contributed by atoms with Crippen molar-refractivity contribution in [1.82, 2.24) is 15.5 Å². The van der Waals surface area contributed by atoms with Crippen LogP contribution in [-0.4, -0.2) is 51.1 Å². The van der Waals surface area contributed by atoms with Gasteiger partial charge in [-0.1, -0.05) is 25.1 Å². The minimum Gasteiger partial charge on any atom is -0.493 e. The highest BCUT2D eigenvalue weighted by atomic mass is 127. The van der Waals surface area contributed by atoms with Crippen LogP contribution in [0.5, 0.6) is 11.5 Å². The predicted octanol–water partition coefficient (Wildman–Crippen LogP) is 4.06. The highest BCUT2D eigenvalue weighted by molar-refractivity contribution is 14.0. The largest absolute Gasteiger partial charge is 0.493 e. The maximum absolute atomic E-state index is 12.0. The van der Waals surface area contributed by atoms with Gasteiger partial charge in [0.2, 0.25) is 0 Å². The molecule has 2 aromatic carbocycles. The van der Waals surface area contributed by atoms with E-state index in [2.05, 4.69) is 22.5 Å².